The highest BCUT2D eigenvalue weighted by Gasteiger charge is 2.27. The third kappa shape index (κ3) is 5.58. The van der Waals surface area contributed by atoms with Crippen molar-refractivity contribution in [2.24, 2.45) is 23.2 Å². The number of hydrogen-bond donors (Lipinski definition) is 0. The molecular formula is C15H32. The maximum Gasteiger partial charge on any atom is -0.0326 e. The monoisotopic (exact) mass is 212 g/mol. The van der Waals surface area contributed by atoms with E-state index in [1.165, 1.54) is 25.7 Å². The van der Waals surface area contributed by atoms with Crippen LogP contribution in [-0.2, 0) is 0 Å². The quantitative estimate of drug-likeness (QED) is 0.521. The van der Waals surface area contributed by atoms with E-state index in [2.05, 4.69) is 48.5 Å². The maximum atomic E-state index is 2.44. The fourth-order valence-corrected chi connectivity index (χ4v) is 2.24. The lowest BCUT2D eigenvalue weighted by Gasteiger charge is -2.35. The first-order valence-electron chi connectivity index (χ1n) is 6.81. The van der Waals surface area contributed by atoms with Crippen LogP contribution in [0.15, 0.2) is 0 Å². The fraction of sp³-hybridized carbons (Fsp3) is 1.00. The van der Waals surface area contributed by atoms with Crippen LogP contribution in [0.25, 0.3) is 0 Å². The molecule has 0 aromatic rings. The van der Waals surface area contributed by atoms with Crippen molar-refractivity contribution >= 4 is 0 Å². The highest BCUT2D eigenvalue weighted by atomic mass is 14.3. The maximum absolute atomic E-state index is 2.44. The van der Waals surface area contributed by atoms with Gasteiger partial charge in [-0.05, 0) is 29.6 Å². The summed E-state index contributed by atoms with van der Waals surface area (Å²) in [6.45, 7) is 16.7. The predicted octanol–water partition coefficient (Wildman–Crippen LogP) is 5.52. The van der Waals surface area contributed by atoms with Gasteiger partial charge in [0.1, 0.15) is 0 Å². The largest absolute Gasteiger partial charge is 0.0651 e. The van der Waals surface area contributed by atoms with Gasteiger partial charge in [-0.15, -0.1) is 0 Å². The second kappa shape index (κ2) is 6.55. The summed E-state index contributed by atoms with van der Waals surface area (Å²) in [5.41, 5.74) is 0.516. The minimum Gasteiger partial charge on any atom is -0.0651 e. The molecule has 0 fully saturated rings. The Morgan fingerprint density at radius 3 is 1.93 bits per heavy atom. The van der Waals surface area contributed by atoms with Gasteiger partial charge in [0, 0.05) is 0 Å². The van der Waals surface area contributed by atoms with E-state index in [1.807, 2.05) is 0 Å². The Balaban J connectivity index is 3.93. The predicted molar refractivity (Wildman–Crippen MR) is 71.1 cm³/mol. The Kier molecular flexibility index (Phi) is 6.55. The second-order valence-electron chi connectivity index (χ2n) is 6.43. The first-order chi connectivity index (χ1) is 6.81. The molecule has 2 atom stereocenters. The lowest BCUT2D eigenvalue weighted by molar-refractivity contribution is 0.154. The zero-order chi connectivity index (χ0) is 12.1. The van der Waals surface area contributed by atoms with Crippen molar-refractivity contribution in [1.29, 1.82) is 0 Å². The summed E-state index contributed by atoms with van der Waals surface area (Å²) in [4.78, 5) is 0. The first kappa shape index (κ1) is 15.0. The molecule has 0 aromatic carbocycles. The van der Waals surface area contributed by atoms with Crippen molar-refractivity contribution in [2.45, 2.75) is 74.1 Å². The van der Waals surface area contributed by atoms with Gasteiger partial charge in [0.25, 0.3) is 0 Å². The van der Waals surface area contributed by atoms with E-state index >= 15 is 0 Å². The molecule has 2 unspecified atom stereocenters. The van der Waals surface area contributed by atoms with Crippen LogP contribution in [0.1, 0.15) is 74.1 Å². The molecule has 0 amide bonds. The average Bonchev–Trinajstić information content (AvgIpc) is 2.15. The standard InChI is InChI=1S/C15H32/c1-8-13(4)10-9-11-15(6,7)14(5)12(2)3/h12-14H,8-11H2,1-7H3. The molecule has 0 nitrogen and oxygen atoms in total. The Morgan fingerprint density at radius 2 is 1.53 bits per heavy atom. The zero-order valence-corrected chi connectivity index (χ0v) is 12.1. The van der Waals surface area contributed by atoms with Gasteiger partial charge in [0.15, 0.2) is 0 Å². The van der Waals surface area contributed by atoms with E-state index in [1.54, 1.807) is 0 Å². The van der Waals surface area contributed by atoms with Crippen molar-refractivity contribution in [3.05, 3.63) is 0 Å². The van der Waals surface area contributed by atoms with Crippen molar-refractivity contribution in [3.63, 3.8) is 0 Å². The third-order valence-electron chi connectivity index (χ3n) is 4.45. The highest BCUT2D eigenvalue weighted by molar-refractivity contribution is 4.77. The van der Waals surface area contributed by atoms with Gasteiger partial charge in [0.2, 0.25) is 0 Å². The smallest absolute Gasteiger partial charge is 0.0326 e. The fourth-order valence-electron chi connectivity index (χ4n) is 2.24. The summed E-state index contributed by atoms with van der Waals surface area (Å²) >= 11 is 0. The minimum absolute atomic E-state index is 0.516. The van der Waals surface area contributed by atoms with E-state index in [4.69, 9.17) is 0 Å². The van der Waals surface area contributed by atoms with Crippen molar-refractivity contribution < 1.29 is 0 Å². The van der Waals surface area contributed by atoms with Crippen molar-refractivity contribution in [3.8, 4) is 0 Å². The molecule has 0 aromatic heterocycles. The molecule has 0 rings (SSSR count). The van der Waals surface area contributed by atoms with Gasteiger partial charge in [0.05, 0.1) is 0 Å². The summed E-state index contributed by atoms with van der Waals surface area (Å²) in [6.07, 6.45) is 5.53. The summed E-state index contributed by atoms with van der Waals surface area (Å²) < 4.78 is 0. The van der Waals surface area contributed by atoms with Crippen LogP contribution in [0.4, 0.5) is 0 Å². The van der Waals surface area contributed by atoms with Crippen molar-refractivity contribution in [2.75, 3.05) is 0 Å². The molecule has 92 valence electrons. The molecule has 0 heterocycles. The Hall–Kier alpha value is 0. The number of hydrogen-bond acceptors (Lipinski definition) is 0. The SMILES string of the molecule is CCC(C)CCCC(C)(C)C(C)C(C)C. The van der Waals surface area contributed by atoms with Gasteiger partial charge < -0.3 is 0 Å². The van der Waals surface area contributed by atoms with Crippen molar-refractivity contribution in [1.82, 2.24) is 0 Å². The highest BCUT2D eigenvalue weighted by Crippen LogP contribution is 2.37. The first-order valence-corrected chi connectivity index (χ1v) is 6.81. The Labute approximate surface area is 97.8 Å². The van der Waals surface area contributed by atoms with E-state index < -0.39 is 0 Å². The second-order valence-corrected chi connectivity index (χ2v) is 6.43. The van der Waals surface area contributed by atoms with E-state index in [0.29, 0.717) is 5.41 Å². The molecular weight excluding hydrogens is 180 g/mol. The van der Waals surface area contributed by atoms with Crippen LogP contribution in [0.3, 0.4) is 0 Å². The van der Waals surface area contributed by atoms with E-state index in [-0.39, 0.29) is 0 Å². The summed E-state index contributed by atoms with van der Waals surface area (Å²) in [6, 6.07) is 0. The molecule has 0 aliphatic rings. The van der Waals surface area contributed by atoms with Gasteiger partial charge >= 0.3 is 0 Å². The molecule has 0 aliphatic carbocycles. The van der Waals surface area contributed by atoms with Gasteiger partial charge in [-0.2, -0.15) is 0 Å². The van der Waals surface area contributed by atoms with Crippen LogP contribution < -0.4 is 0 Å². The van der Waals surface area contributed by atoms with Gasteiger partial charge in [-0.1, -0.05) is 67.7 Å². The summed E-state index contributed by atoms with van der Waals surface area (Å²) in [7, 11) is 0. The Bertz CT molecular complexity index is 155. The minimum atomic E-state index is 0.516. The normalized spacial score (nSPS) is 16.8. The lowest BCUT2D eigenvalue weighted by atomic mass is 9.71. The zero-order valence-electron chi connectivity index (χ0n) is 12.1. The van der Waals surface area contributed by atoms with Crippen LogP contribution >= 0.6 is 0 Å². The number of rotatable bonds is 7. The topological polar surface area (TPSA) is 0 Å². The summed E-state index contributed by atoms with van der Waals surface area (Å²) in [5.74, 6) is 2.55. The van der Waals surface area contributed by atoms with Crippen LogP contribution in [0, 0.1) is 23.2 Å². The summed E-state index contributed by atoms with van der Waals surface area (Å²) in [5, 5.41) is 0. The molecule has 0 N–H and O–H groups in total. The molecule has 0 saturated carbocycles. The third-order valence-corrected chi connectivity index (χ3v) is 4.45. The molecule has 0 radical (unpaired) electrons. The van der Waals surface area contributed by atoms with Crippen LogP contribution in [0.5, 0.6) is 0 Å². The Morgan fingerprint density at radius 1 is 1.00 bits per heavy atom. The molecule has 0 aliphatic heterocycles. The van der Waals surface area contributed by atoms with Gasteiger partial charge in [-0.3, -0.25) is 0 Å². The average molecular weight is 212 g/mol. The molecule has 15 heavy (non-hydrogen) atoms. The molecule has 0 heteroatoms. The van der Waals surface area contributed by atoms with E-state index in [9.17, 15) is 0 Å². The molecule has 0 bridgehead atoms. The lowest BCUT2D eigenvalue weighted by Crippen LogP contribution is -2.25. The molecule has 0 spiro atoms. The molecule has 0 saturated heterocycles. The van der Waals surface area contributed by atoms with Crippen LogP contribution in [0.2, 0.25) is 0 Å². The van der Waals surface area contributed by atoms with Gasteiger partial charge in [-0.25, -0.2) is 0 Å². The van der Waals surface area contributed by atoms with Crippen LogP contribution in [-0.4, -0.2) is 0 Å². The van der Waals surface area contributed by atoms with E-state index in [0.717, 1.165) is 17.8 Å².